The average Bonchev–Trinajstić information content (AvgIpc) is 3.93. The predicted octanol–water partition coefficient (Wildman–Crippen LogP) is 15.2. The molecule has 0 saturated heterocycles. The lowest BCUT2D eigenvalue weighted by molar-refractivity contribution is 0.332. The van der Waals surface area contributed by atoms with Crippen molar-refractivity contribution in [3.8, 4) is 39.4 Å². The van der Waals surface area contributed by atoms with E-state index in [9.17, 15) is 0 Å². The van der Waals surface area contributed by atoms with Gasteiger partial charge in [0.1, 0.15) is 5.52 Å². The summed E-state index contributed by atoms with van der Waals surface area (Å²) in [6.45, 7) is 28.6. The fraction of sp³-hybridized carbons (Fsp3) is 0.306. The monoisotopic (exact) mass is 874 g/mol. The van der Waals surface area contributed by atoms with Gasteiger partial charge in [-0.1, -0.05) is 149 Å². The maximum atomic E-state index is 6.64. The van der Waals surface area contributed by atoms with Gasteiger partial charge in [-0.2, -0.15) is 0 Å². The smallest absolute Gasteiger partial charge is 0.227 e. The molecule has 3 aliphatic rings. The number of nitrogens with one attached hydrogen (secondary N) is 1. The quantitative estimate of drug-likeness (QED) is 0.179. The van der Waals surface area contributed by atoms with Gasteiger partial charge in [0.15, 0.2) is 12.9 Å². The van der Waals surface area contributed by atoms with Crippen LogP contribution in [-0.4, -0.2) is 16.8 Å². The van der Waals surface area contributed by atoms with E-state index in [1.54, 1.807) is 0 Å². The van der Waals surface area contributed by atoms with E-state index in [4.69, 9.17) is 9.40 Å². The van der Waals surface area contributed by atoms with Crippen LogP contribution in [0.4, 0.5) is 11.4 Å². The summed E-state index contributed by atoms with van der Waals surface area (Å²) in [7, 11) is 2.48. The van der Waals surface area contributed by atoms with E-state index in [-0.39, 0.29) is 27.1 Å². The standard InChI is InChI=1S/C62H61BN3O/c1-58(2,3)36-22-25-38(26-23-36)64-46-32-44-43(60(7,8)28-29-61(44,9)10)31-40(46)52-51-39-20-16-17-21-42(39)62(11,12)54(51)53-41-30-37(59(4,5)6)24-27-48(41)66-49-34-50-47(33-45(49)63-55(52)56(53)66)65-57(67-50)35-18-14-13-15-19-35/h13-27,30-34,64H,28-29H2,1-12H3. The first kappa shape index (κ1) is 42.1. The normalized spacial score (nSPS) is 16.4. The van der Waals surface area contributed by atoms with Crippen molar-refractivity contribution >= 4 is 62.5 Å². The summed E-state index contributed by atoms with van der Waals surface area (Å²) in [6.07, 6.45) is 2.28. The van der Waals surface area contributed by atoms with E-state index in [1.807, 2.05) is 18.2 Å². The van der Waals surface area contributed by atoms with Gasteiger partial charge in [-0.05, 0) is 145 Å². The van der Waals surface area contributed by atoms with Crippen LogP contribution >= 0.6 is 0 Å². The Kier molecular flexibility index (Phi) is 8.71. The van der Waals surface area contributed by atoms with Crippen LogP contribution in [0.15, 0.2) is 126 Å². The van der Waals surface area contributed by atoms with Gasteiger partial charge in [0.05, 0.1) is 5.52 Å². The molecule has 9 aromatic rings. The molecule has 0 bridgehead atoms. The number of oxazole rings is 1. The fourth-order valence-electron chi connectivity index (χ4n) is 12.0. The molecule has 12 rings (SSSR count). The van der Waals surface area contributed by atoms with E-state index in [1.165, 1.54) is 82.9 Å². The number of hydrogen-bond donors (Lipinski definition) is 1. The minimum Gasteiger partial charge on any atom is -0.436 e. The molecule has 67 heavy (non-hydrogen) atoms. The average molecular weight is 875 g/mol. The molecule has 1 N–H and O–H groups in total. The van der Waals surface area contributed by atoms with E-state index >= 15 is 0 Å². The summed E-state index contributed by atoms with van der Waals surface area (Å²) in [5, 5.41) is 6.74. The second-order valence-corrected chi connectivity index (χ2v) is 23.8. The van der Waals surface area contributed by atoms with Gasteiger partial charge in [0.2, 0.25) is 5.89 Å². The Labute approximate surface area is 397 Å². The number of fused-ring (bicyclic) bond motifs is 11. The largest absolute Gasteiger partial charge is 0.436 e. The minimum atomic E-state index is -0.290. The highest BCUT2D eigenvalue weighted by molar-refractivity contribution is 6.74. The van der Waals surface area contributed by atoms with Crippen molar-refractivity contribution in [1.82, 2.24) is 9.55 Å². The molecule has 7 aromatic carbocycles. The molecule has 3 heterocycles. The summed E-state index contributed by atoms with van der Waals surface area (Å²) in [5.74, 6) is 0.636. The molecule has 2 aliphatic carbocycles. The van der Waals surface area contributed by atoms with Crippen LogP contribution in [0, 0.1) is 0 Å². The molecule has 1 aliphatic heterocycles. The van der Waals surface area contributed by atoms with Gasteiger partial charge in [-0.15, -0.1) is 0 Å². The van der Waals surface area contributed by atoms with E-state index < -0.39 is 0 Å². The van der Waals surface area contributed by atoms with Crippen molar-refractivity contribution in [2.45, 2.75) is 123 Å². The molecule has 4 nitrogen and oxygen atoms in total. The first-order chi connectivity index (χ1) is 31.7. The van der Waals surface area contributed by atoms with Gasteiger partial charge in [-0.25, -0.2) is 4.98 Å². The molecule has 5 heteroatoms. The minimum absolute atomic E-state index is 0.00222. The van der Waals surface area contributed by atoms with Crippen molar-refractivity contribution in [3.05, 3.63) is 155 Å². The molecule has 0 unspecified atom stereocenters. The van der Waals surface area contributed by atoms with Crippen molar-refractivity contribution in [1.29, 1.82) is 0 Å². The topological polar surface area (TPSA) is 43.0 Å². The molecule has 2 aromatic heterocycles. The van der Waals surface area contributed by atoms with E-state index in [0.29, 0.717) is 5.89 Å². The zero-order chi connectivity index (χ0) is 46.7. The van der Waals surface area contributed by atoms with Crippen molar-refractivity contribution in [2.75, 3.05) is 5.32 Å². The van der Waals surface area contributed by atoms with Crippen LogP contribution in [0.25, 0.3) is 72.3 Å². The summed E-state index contributed by atoms with van der Waals surface area (Å²) in [6, 6.07) is 45.5. The van der Waals surface area contributed by atoms with Crippen LogP contribution < -0.4 is 16.2 Å². The predicted molar refractivity (Wildman–Crippen MR) is 284 cm³/mol. The number of anilines is 2. The molecule has 0 atom stereocenters. The molecule has 0 fully saturated rings. The Morgan fingerprint density at radius 3 is 2.00 bits per heavy atom. The Hall–Kier alpha value is -6.33. The SMILES string of the molecule is CC(C)(C)c1ccc(Nc2cc3c(cc2-c2c4c(c5c6cc(C(C)(C)C)ccc6n6c5c2[B]c2cc5nc(-c7ccccc7)oc5cc2-6)C(C)(C)c2ccccc2-4)C(C)(C)CCC3(C)C)cc1. The third-order valence-corrected chi connectivity index (χ3v) is 16.0. The maximum absolute atomic E-state index is 6.64. The highest BCUT2D eigenvalue weighted by Crippen LogP contribution is 2.58. The third-order valence-electron chi connectivity index (χ3n) is 16.0. The Bertz CT molecular complexity index is 3550. The number of benzene rings is 7. The number of hydrogen-bond acceptors (Lipinski definition) is 3. The molecule has 0 spiro atoms. The van der Waals surface area contributed by atoms with Gasteiger partial charge in [0, 0.05) is 56.0 Å². The van der Waals surface area contributed by atoms with Gasteiger partial charge >= 0.3 is 0 Å². The molecule has 0 saturated carbocycles. The zero-order valence-corrected chi connectivity index (χ0v) is 41.3. The second-order valence-electron chi connectivity index (χ2n) is 23.8. The van der Waals surface area contributed by atoms with Crippen LogP contribution in [0.3, 0.4) is 0 Å². The molecule has 1 radical (unpaired) electrons. The van der Waals surface area contributed by atoms with Gasteiger partial charge in [0.25, 0.3) is 0 Å². The highest BCUT2D eigenvalue weighted by atomic mass is 16.3. The summed E-state index contributed by atoms with van der Waals surface area (Å²) in [4.78, 5) is 5.13. The summed E-state index contributed by atoms with van der Waals surface area (Å²) in [5.41, 5.74) is 24.1. The van der Waals surface area contributed by atoms with Crippen molar-refractivity contribution in [2.24, 2.45) is 0 Å². The lowest BCUT2D eigenvalue weighted by Gasteiger charge is -2.42. The number of rotatable bonds is 4. The Balaban J connectivity index is 1.24. The third kappa shape index (κ3) is 6.22. The Morgan fingerprint density at radius 2 is 1.30 bits per heavy atom. The molecular weight excluding hydrogens is 814 g/mol. The van der Waals surface area contributed by atoms with Crippen LogP contribution in [-0.2, 0) is 27.1 Å². The van der Waals surface area contributed by atoms with Crippen molar-refractivity contribution in [3.63, 3.8) is 0 Å². The van der Waals surface area contributed by atoms with Crippen LogP contribution in [0.1, 0.15) is 129 Å². The first-order valence-corrected chi connectivity index (χ1v) is 24.4. The van der Waals surface area contributed by atoms with Crippen LogP contribution in [0.5, 0.6) is 0 Å². The number of aromatic nitrogens is 2. The van der Waals surface area contributed by atoms with Gasteiger partial charge < -0.3 is 14.3 Å². The fourth-order valence-corrected chi connectivity index (χ4v) is 12.0. The zero-order valence-electron chi connectivity index (χ0n) is 41.3. The second kappa shape index (κ2) is 13.9. The van der Waals surface area contributed by atoms with Gasteiger partial charge in [-0.3, -0.25) is 0 Å². The molecule has 0 amide bonds. The summed E-state index contributed by atoms with van der Waals surface area (Å²) >= 11 is 0. The first-order valence-electron chi connectivity index (χ1n) is 24.4. The van der Waals surface area contributed by atoms with E-state index in [2.05, 4.69) is 203 Å². The maximum Gasteiger partial charge on any atom is 0.227 e. The lowest BCUT2D eigenvalue weighted by Crippen LogP contribution is -2.38. The highest BCUT2D eigenvalue weighted by Gasteiger charge is 2.44. The summed E-state index contributed by atoms with van der Waals surface area (Å²) < 4.78 is 9.21. The Morgan fingerprint density at radius 1 is 0.642 bits per heavy atom. The molecule has 333 valence electrons. The van der Waals surface area contributed by atoms with Crippen molar-refractivity contribution < 1.29 is 4.42 Å². The lowest BCUT2D eigenvalue weighted by atomic mass is 9.57. The van der Waals surface area contributed by atoms with Crippen LogP contribution in [0.2, 0.25) is 0 Å². The molecular formula is C62H61BN3O. The number of nitrogens with zero attached hydrogens (tertiary/aromatic N) is 2. The van der Waals surface area contributed by atoms with E-state index in [0.717, 1.165) is 52.0 Å².